The summed E-state index contributed by atoms with van der Waals surface area (Å²) < 4.78 is 1.82. The monoisotopic (exact) mass is 513 g/mol. The molecule has 2 aromatic heterocycles. The SMILES string of the molecule is CCNC(=NCc1ccc(-n2nc(C)cc2C)nc1)NCC(=O)NC(C)(C)C.I. The molecule has 2 heterocycles. The Kier molecular flexibility index (Phi) is 9.54. The van der Waals surface area contributed by atoms with Gasteiger partial charge in [-0.25, -0.2) is 14.7 Å². The highest BCUT2D eigenvalue weighted by molar-refractivity contribution is 14.0. The predicted octanol–water partition coefficient (Wildman–Crippen LogP) is 2.47. The molecule has 0 unspecified atom stereocenters. The van der Waals surface area contributed by atoms with E-state index in [9.17, 15) is 4.79 Å². The molecule has 0 aliphatic heterocycles. The van der Waals surface area contributed by atoms with Crippen molar-refractivity contribution in [3.05, 3.63) is 41.3 Å². The molecule has 1 amide bonds. The second-order valence-corrected chi connectivity index (χ2v) is 7.71. The average molecular weight is 513 g/mol. The van der Waals surface area contributed by atoms with Gasteiger partial charge >= 0.3 is 0 Å². The molecule has 0 atom stereocenters. The molecule has 0 bridgehead atoms. The lowest BCUT2D eigenvalue weighted by Crippen LogP contribution is -2.48. The zero-order valence-corrected chi connectivity index (χ0v) is 20.4. The molecule has 160 valence electrons. The number of nitrogens with zero attached hydrogens (tertiary/aromatic N) is 4. The Labute approximate surface area is 190 Å². The van der Waals surface area contributed by atoms with Crippen molar-refractivity contribution < 1.29 is 4.79 Å². The molecule has 0 aromatic carbocycles. The molecule has 0 aliphatic rings. The van der Waals surface area contributed by atoms with Crippen LogP contribution in [-0.4, -0.2) is 45.3 Å². The van der Waals surface area contributed by atoms with Crippen molar-refractivity contribution in [1.29, 1.82) is 0 Å². The molecule has 9 heteroatoms. The van der Waals surface area contributed by atoms with E-state index in [0.29, 0.717) is 19.0 Å². The van der Waals surface area contributed by atoms with E-state index in [4.69, 9.17) is 0 Å². The van der Waals surface area contributed by atoms with Gasteiger partial charge in [0, 0.05) is 24.0 Å². The number of aryl methyl sites for hydroxylation is 2. The van der Waals surface area contributed by atoms with Crippen LogP contribution in [0.3, 0.4) is 0 Å². The van der Waals surface area contributed by atoms with Gasteiger partial charge in [0.15, 0.2) is 11.8 Å². The molecule has 8 nitrogen and oxygen atoms in total. The zero-order chi connectivity index (χ0) is 20.7. The van der Waals surface area contributed by atoms with Gasteiger partial charge in [-0.1, -0.05) is 6.07 Å². The van der Waals surface area contributed by atoms with Gasteiger partial charge in [0.25, 0.3) is 0 Å². The highest BCUT2D eigenvalue weighted by Crippen LogP contribution is 2.10. The standard InChI is InChI=1S/C20H31N7O.HI/c1-7-21-19(24-13-18(28)25-20(4,5)6)23-12-16-8-9-17(22-11-16)27-15(3)10-14(2)26-27;/h8-11H,7,12-13H2,1-6H3,(H,25,28)(H2,21,23,24);1H. The van der Waals surface area contributed by atoms with E-state index in [-0.39, 0.29) is 42.0 Å². The van der Waals surface area contributed by atoms with Gasteiger partial charge in [-0.15, -0.1) is 24.0 Å². The fourth-order valence-electron chi connectivity index (χ4n) is 2.63. The van der Waals surface area contributed by atoms with E-state index < -0.39 is 0 Å². The molecular weight excluding hydrogens is 481 g/mol. The first-order valence-electron chi connectivity index (χ1n) is 9.49. The molecule has 0 aliphatic carbocycles. The molecular formula is C20H32IN7O. The van der Waals surface area contributed by atoms with Gasteiger partial charge in [-0.2, -0.15) is 5.10 Å². The molecule has 2 rings (SSSR count). The van der Waals surface area contributed by atoms with Gasteiger partial charge < -0.3 is 16.0 Å². The van der Waals surface area contributed by atoms with Crippen LogP contribution in [0.2, 0.25) is 0 Å². The largest absolute Gasteiger partial charge is 0.357 e. The Morgan fingerprint density at radius 3 is 2.45 bits per heavy atom. The predicted molar refractivity (Wildman–Crippen MR) is 127 cm³/mol. The molecule has 0 fully saturated rings. The van der Waals surface area contributed by atoms with Crippen LogP contribution in [0.1, 0.15) is 44.6 Å². The Morgan fingerprint density at radius 1 is 1.21 bits per heavy atom. The molecule has 2 aromatic rings. The van der Waals surface area contributed by atoms with Crippen LogP contribution in [0.5, 0.6) is 0 Å². The lowest BCUT2D eigenvalue weighted by molar-refractivity contribution is -0.121. The number of hydrogen-bond donors (Lipinski definition) is 3. The summed E-state index contributed by atoms with van der Waals surface area (Å²) in [6.45, 7) is 13.1. The number of rotatable bonds is 6. The van der Waals surface area contributed by atoms with Crippen LogP contribution in [0.4, 0.5) is 0 Å². The number of aromatic nitrogens is 3. The number of guanidine groups is 1. The third-order valence-electron chi connectivity index (χ3n) is 3.73. The van der Waals surface area contributed by atoms with Gasteiger partial charge in [0.2, 0.25) is 5.91 Å². The molecule has 0 saturated heterocycles. The number of pyridine rings is 1. The first kappa shape index (κ1) is 24.9. The summed E-state index contributed by atoms with van der Waals surface area (Å²) >= 11 is 0. The van der Waals surface area contributed by atoms with Crippen LogP contribution in [0.15, 0.2) is 29.4 Å². The van der Waals surface area contributed by atoms with Crippen LogP contribution >= 0.6 is 24.0 Å². The number of nitrogens with one attached hydrogen (secondary N) is 3. The number of carbonyl (C=O) groups is 1. The number of amides is 1. The molecule has 0 spiro atoms. The van der Waals surface area contributed by atoms with Crippen LogP contribution in [0.25, 0.3) is 5.82 Å². The van der Waals surface area contributed by atoms with E-state index >= 15 is 0 Å². The average Bonchev–Trinajstić information content (AvgIpc) is 2.94. The fourth-order valence-corrected chi connectivity index (χ4v) is 2.63. The summed E-state index contributed by atoms with van der Waals surface area (Å²) in [5.74, 6) is 1.30. The minimum absolute atomic E-state index is 0. The fraction of sp³-hybridized carbons (Fsp3) is 0.500. The topological polar surface area (TPSA) is 96.2 Å². The van der Waals surface area contributed by atoms with Crippen LogP contribution < -0.4 is 16.0 Å². The number of hydrogen-bond acceptors (Lipinski definition) is 4. The summed E-state index contributed by atoms with van der Waals surface area (Å²) in [5.41, 5.74) is 2.72. The van der Waals surface area contributed by atoms with Gasteiger partial charge in [0.1, 0.15) is 0 Å². The van der Waals surface area contributed by atoms with Gasteiger partial charge in [0.05, 0.1) is 18.8 Å². The molecule has 29 heavy (non-hydrogen) atoms. The van der Waals surface area contributed by atoms with E-state index in [0.717, 1.165) is 22.8 Å². The summed E-state index contributed by atoms with van der Waals surface area (Å²) in [6.07, 6.45) is 1.80. The van der Waals surface area contributed by atoms with Gasteiger partial charge in [-0.3, -0.25) is 4.79 Å². The van der Waals surface area contributed by atoms with E-state index in [2.05, 4.69) is 31.0 Å². The Hall–Kier alpha value is -2.17. The number of carbonyl (C=O) groups excluding carboxylic acids is 1. The second-order valence-electron chi connectivity index (χ2n) is 7.71. The van der Waals surface area contributed by atoms with E-state index in [1.165, 1.54) is 0 Å². The molecule has 3 N–H and O–H groups in total. The third-order valence-corrected chi connectivity index (χ3v) is 3.73. The summed E-state index contributed by atoms with van der Waals surface area (Å²) in [4.78, 5) is 21.0. The Bertz CT molecular complexity index is 822. The van der Waals surface area contributed by atoms with Crippen LogP contribution in [-0.2, 0) is 11.3 Å². The maximum atomic E-state index is 12.0. The number of halogens is 1. The normalized spacial score (nSPS) is 11.6. The van der Waals surface area contributed by atoms with Crippen molar-refractivity contribution in [2.45, 2.75) is 53.6 Å². The lowest BCUT2D eigenvalue weighted by atomic mass is 10.1. The summed E-state index contributed by atoms with van der Waals surface area (Å²) in [5, 5.41) is 13.6. The minimum Gasteiger partial charge on any atom is -0.357 e. The van der Waals surface area contributed by atoms with E-state index in [1.807, 2.05) is 64.4 Å². The second kappa shape index (κ2) is 11.1. The Morgan fingerprint density at radius 2 is 1.93 bits per heavy atom. The van der Waals surface area contributed by atoms with Crippen molar-refractivity contribution in [3.8, 4) is 5.82 Å². The highest BCUT2D eigenvalue weighted by atomic mass is 127. The van der Waals surface area contributed by atoms with Crippen molar-refractivity contribution >= 4 is 35.8 Å². The minimum atomic E-state index is -0.257. The van der Waals surface area contributed by atoms with Crippen LogP contribution in [0, 0.1) is 13.8 Å². The van der Waals surface area contributed by atoms with Crippen molar-refractivity contribution in [2.75, 3.05) is 13.1 Å². The maximum Gasteiger partial charge on any atom is 0.239 e. The maximum absolute atomic E-state index is 12.0. The van der Waals surface area contributed by atoms with Crippen molar-refractivity contribution in [1.82, 2.24) is 30.7 Å². The van der Waals surface area contributed by atoms with Gasteiger partial charge in [-0.05, 0) is 59.2 Å². The summed E-state index contributed by atoms with van der Waals surface area (Å²) in [6, 6.07) is 5.93. The molecule has 0 radical (unpaired) electrons. The van der Waals surface area contributed by atoms with Crippen molar-refractivity contribution in [2.24, 2.45) is 4.99 Å². The summed E-state index contributed by atoms with van der Waals surface area (Å²) in [7, 11) is 0. The first-order chi connectivity index (χ1) is 13.2. The zero-order valence-electron chi connectivity index (χ0n) is 18.0. The first-order valence-corrected chi connectivity index (χ1v) is 9.49. The number of aliphatic imine (C=N–C) groups is 1. The van der Waals surface area contributed by atoms with E-state index in [1.54, 1.807) is 6.20 Å². The quantitative estimate of drug-likeness (QED) is 0.314. The lowest BCUT2D eigenvalue weighted by Gasteiger charge is -2.21. The molecule has 0 saturated carbocycles. The highest BCUT2D eigenvalue weighted by Gasteiger charge is 2.13. The third kappa shape index (κ3) is 8.38. The van der Waals surface area contributed by atoms with Crippen molar-refractivity contribution in [3.63, 3.8) is 0 Å². The Balaban J connectivity index is 0.00000420. The smallest absolute Gasteiger partial charge is 0.239 e.